The fourth-order valence-corrected chi connectivity index (χ4v) is 2.74. The highest BCUT2D eigenvalue weighted by molar-refractivity contribution is 7.89. The Kier molecular flexibility index (Phi) is 5.83. The number of aryl methyl sites for hydroxylation is 1. The van der Waals surface area contributed by atoms with Crippen LogP contribution in [0.2, 0.25) is 0 Å². The van der Waals surface area contributed by atoms with E-state index in [2.05, 4.69) is 15.2 Å². The number of nitrogens with one attached hydrogen (secondary N) is 2. The van der Waals surface area contributed by atoms with Gasteiger partial charge in [-0.05, 0) is 19.1 Å². The molecule has 1 aromatic heterocycles. The molecule has 25 heavy (non-hydrogen) atoms. The van der Waals surface area contributed by atoms with E-state index in [1.165, 1.54) is 18.2 Å². The van der Waals surface area contributed by atoms with Crippen LogP contribution >= 0.6 is 0 Å². The van der Waals surface area contributed by atoms with Crippen LogP contribution in [-0.4, -0.2) is 38.6 Å². The number of carbonyl (C=O) groups is 2. The van der Waals surface area contributed by atoms with Gasteiger partial charge in [-0.1, -0.05) is 17.3 Å². The number of hydrogen-bond acceptors (Lipinski definition) is 7. The first-order valence-corrected chi connectivity index (χ1v) is 8.39. The lowest BCUT2D eigenvalue weighted by Gasteiger charge is -2.08. The van der Waals surface area contributed by atoms with Gasteiger partial charge in [0.05, 0.1) is 0 Å². The topological polar surface area (TPSA) is 128 Å². The Balaban J connectivity index is 1.80. The highest BCUT2D eigenvalue weighted by Gasteiger charge is 2.20. The summed E-state index contributed by atoms with van der Waals surface area (Å²) in [5.41, 5.74) is 0. The molecule has 2 N–H and O–H groups in total. The second kappa shape index (κ2) is 7.85. The number of esters is 1. The fourth-order valence-electron chi connectivity index (χ4n) is 1.70. The molecule has 1 aromatic carbocycles. The minimum absolute atomic E-state index is 0.152. The number of carbonyl (C=O) groups excluding carboxylic acids is 2. The van der Waals surface area contributed by atoms with Crippen LogP contribution in [0.3, 0.4) is 0 Å². The maximum Gasteiger partial charge on any atom is 0.321 e. The zero-order valence-electron chi connectivity index (χ0n) is 13.0. The van der Waals surface area contributed by atoms with Crippen molar-refractivity contribution in [3.63, 3.8) is 0 Å². The van der Waals surface area contributed by atoms with Crippen molar-refractivity contribution in [2.75, 3.05) is 18.5 Å². The monoisotopic (exact) mass is 371 g/mol. The Morgan fingerprint density at radius 1 is 1.32 bits per heavy atom. The van der Waals surface area contributed by atoms with E-state index in [0.717, 1.165) is 12.1 Å². The van der Waals surface area contributed by atoms with Crippen molar-refractivity contribution < 1.29 is 31.7 Å². The molecule has 1 heterocycles. The van der Waals surface area contributed by atoms with Crippen molar-refractivity contribution in [3.05, 3.63) is 41.9 Å². The minimum Gasteiger partial charge on any atom is -0.455 e. The summed E-state index contributed by atoms with van der Waals surface area (Å²) in [5, 5.41) is 5.83. The Hall–Kier alpha value is -2.79. The van der Waals surface area contributed by atoms with Gasteiger partial charge in [0.25, 0.3) is 5.91 Å². The molecule has 11 heteroatoms. The molecule has 9 nitrogen and oxygen atoms in total. The van der Waals surface area contributed by atoms with Crippen LogP contribution in [0.25, 0.3) is 0 Å². The van der Waals surface area contributed by atoms with E-state index in [1.54, 1.807) is 6.92 Å². The van der Waals surface area contributed by atoms with E-state index in [9.17, 15) is 22.4 Å². The first-order valence-electron chi connectivity index (χ1n) is 6.91. The Morgan fingerprint density at radius 3 is 2.68 bits per heavy atom. The maximum absolute atomic E-state index is 13.5. The second-order valence-corrected chi connectivity index (χ2v) is 6.52. The zero-order chi connectivity index (χ0) is 18.4. The zero-order valence-corrected chi connectivity index (χ0v) is 13.8. The number of anilines is 1. The van der Waals surface area contributed by atoms with Crippen molar-refractivity contribution in [2.24, 2.45) is 0 Å². The van der Waals surface area contributed by atoms with Crippen molar-refractivity contribution >= 4 is 27.7 Å². The normalized spacial score (nSPS) is 11.1. The van der Waals surface area contributed by atoms with Crippen LogP contribution in [-0.2, 0) is 24.3 Å². The van der Waals surface area contributed by atoms with Gasteiger partial charge < -0.3 is 14.6 Å². The molecule has 0 fully saturated rings. The summed E-state index contributed by atoms with van der Waals surface area (Å²) in [7, 11) is -4.22. The number of amides is 1. The summed E-state index contributed by atoms with van der Waals surface area (Å²) in [4.78, 5) is 22.4. The van der Waals surface area contributed by atoms with E-state index >= 15 is 0 Å². The van der Waals surface area contributed by atoms with Crippen LogP contribution in [0, 0.1) is 12.7 Å². The molecule has 0 unspecified atom stereocenters. The van der Waals surface area contributed by atoms with Crippen LogP contribution in [0.5, 0.6) is 0 Å². The SMILES string of the molecule is Cc1cc(NC(=O)COC(=O)CNS(=O)(=O)c2ccccc2F)no1. The quantitative estimate of drug-likeness (QED) is 0.682. The van der Waals surface area contributed by atoms with E-state index in [-0.39, 0.29) is 5.82 Å². The molecule has 0 saturated carbocycles. The molecule has 134 valence electrons. The molecule has 2 aromatic rings. The summed E-state index contributed by atoms with van der Waals surface area (Å²) in [6.07, 6.45) is 0. The number of benzene rings is 1. The van der Waals surface area contributed by atoms with E-state index in [0.29, 0.717) is 5.76 Å². The summed E-state index contributed by atoms with van der Waals surface area (Å²) in [6.45, 7) is 0.226. The highest BCUT2D eigenvalue weighted by atomic mass is 32.2. The molecular formula is C14H14FN3O6S. The summed E-state index contributed by atoms with van der Waals surface area (Å²) >= 11 is 0. The number of sulfonamides is 1. The third-order valence-electron chi connectivity index (χ3n) is 2.79. The van der Waals surface area contributed by atoms with Crippen molar-refractivity contribution in [1.29, 1.82) is 0 Å². The van der Waals surface area contributed by atoms with Gasteiger partial charge in [-0.15, -0.1) is 0 Å². The van der Waals surface area contributed by atoms with Gasteiger partial charge in [0.1, 0.15) is 23.0 Å². The molecular weight excluding hydrogens is 357 g/mol. The van der Waals surface area contributed by atoms with Gasteiger partial charge in [0, 0.05) is 6.07 Å². The van der Waals surface area contributed by atoms with Gasteiger partial charge in [-0.3, -0.25) is 9.59 Å². The third-order valence-corrected chi connectivity index (χ3v) is 4.23. The lowest BCUT2D eigenvalue weighted by atomic mass is 10.4. The fraction of sp³-hybridized carbons (Fsp3) is 0.214. The largest absolute Gasteiger partial charge is 0.455 e. The van der Waals surface area contributed by atoms with Crippen molar-refractivity contribution in [2.45, 2.75) is 11.8 Å². The Labute approximate surface area is 142 Å². The lowest BCUT2D eigenvalue weighted by Crippen LogP contribution is -2.32. The van der Waals surface area contributed by atoms with Gasteiger partial charge in [0.15, 0.2) is 12.4 Å². The van der Waals surface area contributed by atoms with Crippen LogP contribution in [0.15, 0.2) is 39.8 Å². The Bertz CT molecular complexity index is 880. The maximum atomic E-state index is 13.5. The first-order chi connectivity index (χ1) is 11.8. The predicted octanol–water partition coefficient (Wildman–Crippen LogP) is 0.582. The number of hydrogen-bond donors (Lipinski definition) is 2. The molecule has 0 aliphatic carbocycles. The number of aromatic nitrogens is 1. The van der Waals surface area contributed by atoms with E-state index in [4.69, 9.17) is 4.52 Å². The minimum atomic E-state index is -4.22. The van der Waals surface area contributed by atoms with Gasteiger partial charge in [-0.25, -0.2) is 12.8 Å². The number of rotatable bonds is 7. The molecule has 2 rings (SSSR count). The molecule has 0 aliphatic heterocycles. The Morgan fingerprint density at radius 2 is 2.04 bits per heavy atom. The average Bonchev–Trinajstić information content (AvgIpc) is 2.96. The summed E-state index contributed by atoms with van der Waals surface area (Å²) in [5.74, 6) is -2.01. The average molecular weight is 371 g/mol. The predicted molar refractivity (Wildman–Crippen MR) is 82.4 cm³/mol. The molecule has 0 atom stereocenters. The molecule has 0 bridgehead atoms. The molecule has 0 spiro atoms. The standard InChI is InChI=1S/C14H14FN3O6S/c1-9-6-12(18-24-9)17-13(19)8-23-14(20)7-16-25(21,22)11-5-3-2-4-10(11)15/h2-6,16H,7-8H2,1H3,(H,17,18,19). The van der Waals surface area contributed by atoms with Crippen LogP contribution in [0.1, 0.15) is 5.76 Å². The van der Waals surface area contributed by atoms with Crippen LogP contribution in [0.4, 0.5) is 10.2 Å². The van der Waals surface area contributed by atoms with Gasteiger partial charge in [-0.2, -0.15) is 4.72 Å². The van der Waals surface area contributed by atoms with E-state index in [1.807, 2.05) is 4.72 Å². The molecule has 1 amide bonds. The van der Waals surface area contributed by atoms with Gasteiger partial charge in [0.2, 0.25) is 10.0 Å². The first kappa shape index (κ1) is 18.5. The number of nitrogens with zero attached hydrogens (tertiary/aromatic N) is 1. The van der Waals surface area contributed by atoms with Crippen molar-refractivity contribution in [3.8, 4) is 0 Å². The summed E-state index contributed by atoms with van der Waals surface area (Å²) < 4.78 is 48.5. The van der Waals surface area contributed by atoms with Crippen LogP contribution < -0.4 is 10.0 Å². The summed E-state index contributed by atoms with van der Waals surface area (Å²) in [6, 6.07) is 6.16. The highest BCUT2D eigenvalue weighted by Crippen LogP contribution is 2.12. The lowest BCUT2D eigenvalue weighted by molar-refractivity contribution is -0.146. The molecule has 0 radical (unpaired) electrons. The third kappa shape index (κ3) is 5.36. The smallest absolute Gasteiger partial charge is 0.321 e. The number of ether oxygens (including phenoxy) is 1. The number of halogens is 1. The molecule has 0 saturated heterocycles. The molecule has 0 aliphatic rings. The second-order valence-electron chi connectivity index (χ2n) is 4.79. The van der Waals surface area contributed by atoms with E-state index < -0.39 is 45.8 Å². The van der Waals surface area contributed by atoms with Gasteiger partial charge >= 0.3 is 5.97 Å². The van der Waals surface area contributed by atoms with Crippen molar-refractivity contribution in [1.82, 2.24) is 9.88 Å².